The molecule has 0 aromatic heterocycles. The SMILES string of the molecule is CC(C)C(CNC(=O)C=Cc1cccc(C#N)c1)C(=O)O. The predicted octanol–water partition coefficient (Wildman–Crippen LogP) is 2.04. The van der Waals surface area contributed by atoms with Gasteiger partial charge >= 0.3 is 5.97 Å². The number of nitrogens with one attached hydrogen (secondary N) is 1. The average Bonchev–Trinajstić information content (AvgIpc) is 2.44. The molecule has 1 aromatic rings. The van der Waals surface area contributed by atoms with Crippen LogP contribution >= 0.6 is 0 Å². The van der Waals surface area contributed by atoms with Gasteiger partial charge in [0.25, 0.3) is 0 Å². The zero-order chi connectivity index (χ0) is 15.8. The number of carbonyl (C=O) groups is 2. The van der Waals surface area contributed by atoms with Gasteiger partial charge in [-0.2, -0.15) is 5.26 Å². The lowest BCUT2D eigenvalue weighted by atomic mass is 9.96. The van der Waals surface area contributed by atoms with Crippen LogP contribution in [0, 0.1) is 23.2 Å². The van der Waals surface area contributed by atoms with Gasteiger partial charge in [0.05, 0.1) is 17.6 Å². The lowest BCUT2D eigenvalue weighted by molar-refractivity contribution is -0.143. The molecule has 1 atom stereocenters. The summed E-state index contributed by atoms with van der Waals surface area (Å²) in [4.78, 5) is 22.7. The Hall–Kier alpha value is -2.61. The number of hydrogen-bond donors (Lipinski definition) is 2. The van der Waals surface area contributed by atoms with Gasteiger partial charge in [-0.1, -0.05) is 26.0 Å². The minimum Gasteiger partial charge on any atom is -0.481 e. The van der Waals surface area contributed by atoms with Crippen molar-refractivity contribution >= 4 is 18.0 Å². The summed E-state index contributed by atoms with van der Waals surface area (Å²) in [6.45, 7) is 3.69. The van der Waals surface area contributed by atoms with Crippen LogP contribution in [0.4, 0.5) is 0 Å². The van der Waals surface area contributed by atoms with Crippen molar-refractivity contribution in [2.24, 2.45) is 11.8 Å². The first kappa shape index (κ1) is 16.4. The normalized spacial score (nSPS) is 12.1. The molecule has 0 aliphatic heterocycles. The van der Waals surface area contributed by atoms with E-state index in [2.05, 4.69) is 5.32 Å². The molecule has 21 heavy (non-hydrogen) atoms. The molecule has 0 bridgehead atoms. The minimum absolute atomic E-state index is 0.0564. The quantitative estimate of drug-likeness (QED) is 0.783. The largest absolute Gasteiger partial charge is 0.481 e. The molecular formula is C16H18N2O3. The Kier molecular flexibility index (Phi) is 6.15. The van der Waals surface area contributed by atoms with Gasteiger partial charge in [0.15, 0.2) is 0 Å². The molecule has 110 valence electrons. The van der Waals surface area contributed by atoms with Crippen molar-refractivity contribution in [2.45, 2.75) is 13.8 Å². The van der Waals surface area contributed by atoms with Gasteiger partial charge in [0.2, 0.25) is 5.91 Å². The highest BCUT2D eigenvalue weighted by atomic mass is 16.4. The zero-order valence-electron chi connectivity index (χ0n) is 12.0. The molecular weight excluding hydrogens is 268 g/mol. The van der Waals surface area contributed by atoms with Crippen LogP contribution in [0.15, 0.2) is 30.3 Å². The maximum absolute atomic E-state index is 11.7. The van der Waals surface area contributed by atoms with E-state index in [1.54, 1.807) is 44.2 Å². The van der Waals surface area contributed by atoms with Gasteiger partial charge in [-0.15, -0.1) is 0 Å². The molecule has 0 saturated heterocycles. The van der Waals surface area contributed by atoms with Crippen LogP contribution in [0.2, 0.25) is 0 Å². The number of nitriles is 1. The Morgan fingerprint density at radius 2 is 2.14 bits per heavy atom. The molecule has 0 saturated carbocycles. The van der Waals surface area contributed by atoms with E-state index in [9.17, 15) is 9.59 Å². The van der Waals surface area contributed by atoms with Crippen LogP contribution in [0.5, 0.6) is 0 Å². The summed E-state index contributed by atoms with van der Waals surface area (Å²) in [7, 11) is 0. The number of hydrogen-bond acceptors (Lipinski definition) is 3. The Labute approximate surface area is 123 Å². The third kappa shape index (κ3) is 5.49. The van der Waals surface area contributed by atoms with Crippen LogP contribution < -0.4 is 5.32 Å². The summed E-state index contributed by atoms with van der Waals surface area (Å²) < 4.78 is 0. The Morgan fingerprint density at radius 1 is 1.43 bits per heavy atom. The van der Waals surface area contributed by atoms with Crippen molar-refractivity contribution in [1.29, 1.82) is 5.26 Å². The van der Waals surface area contributed by atoms with Crippen molar-refractivity contribution in [3.8, 4) is 6.07 Å². The average molecular weight is 286 g/mol. The van der Waals surface area contributed by atoms with E-state index in [-0.39, 0.29) is 18.4 Å². The number of carboxylic acid groups (broad SMARTS) is 1. The van der Waals surface area contributed by atoms with Crippen LogP contribution in [-0.2, 0) is 9.59 Å². The van der Waals surface area contributed by atoms with Crippen molar-refractivity contribution in [1.82, 2.24) is 5.32 Å². The number of benzene rings is 1. The standard InChI is InChI=1S/C16H18N2O3/c1-11(2)14(16(20)21)10-18-15(19)7-6-12-4-3-5-13(8-12)9-17/h3-8,11,14H,10H2,1-2H3,(H,18,19)(H,20,21). The fourth-order valence-electron chi connectivity index (χ4n) is 1.76. The molecule has 1 amide bonds. The van der Waals surface area contributed by atoms with Gasteiger partial charge < -0.3 is 10.4 Å². The molecule has 5 heteroatoms. The van der Waals surface area contributed by atoms with Gasteiger partial charge in [-0.3, -0.25) is 9.59 Å². The second kappa shape index (κ2) is 7.85. The maximum Gasteiger partial charge on any atom is 0.308 e. The first-order valence-electron chi connectivity index (χ1n) is 6.63. The van der Waals surface area contributed by atoms with E-state index in [0.717, 1.165) is 5.56 Å². The molecule has 1 aromatic carbocycles. The highest BCUT2D eigenvalue weighted by molar-refractivity contribution is 5.92. The Bertz CT molecular complexity index is 585. The molecule has 1 unspecified atom stereocenters. The molecule has 0 fully saturated rings. The first-order valence-corrected chi connectivity index (χ1v) is 6.63. The maximum atomic E-state index is 11.7. The fraction of sp³-hybridized carbons (Fsp3) is 0.312. The molecule has 0 aliphatic rings. The highest BCUT2D eigenvalue weighted by Gasteiger charge is 2.21. The van der Waals surface area contributed by atoms with E-state index in [0.29, 0.717) is 5.56 Å². The molecule has 0 radical (unpaired) electrons. The number of amides is 1. The van der Waals surface area contributed by atoms with Crippen LogP contribution in [0.1, 0.15) is 25.0 Å². The molecule has 2 N–H and O–H groups in total. The van der Waals surface area contributed by atoms with Gasteiger partial charge in [-0.25, -0.2) is 0 Å². The molecule has 0 aliphatic carbocycles. The fourth-order valence-corrected chi connectivity index (χ4v) is 1.76. The summed E-state index contributed by atoms with van der Waals surface area (Å²) in [6.07, 6.45) is 2.91. The van der Waals surface area contributed by atoms with Crippen molar-refractivity contribution in [3.05, 3.63) is 41.5 Å². The van der Waals surface area contributed by atoms with Gasteiger partial charge in [-0.05, 0) is 29.7 Å². The third-order valence-electron chi connectivity index (χ3n) is 3.06. The second-order valence-corrected chi connectivity index (χ2v) is 5.00. The van der Waals surface area contributed by atoms with Crippen LogP contribution in [0.25, 0.3) is 6.08 Å². The Morgan fingerprint density at radius 3 is 2.71 bits per heavy atom. The van der Waals surface area contributed by atoms with Crippen molar-refractivity contribution in [3.63, 3.8) is 0 Å². The molecule has 5 nitrogen and oxygen atoms in total. The van der Waals surface area contributed by atoms with Gasteiger partial charge in [0, 0.05) is 12.6 Å². The van der Waals surface area contributed by atoms with E-state index in [4.69, 9.17) is 10.4 Å². The predicted molar refractivity (Wildman–Crippen MR) is 79.2 cm³/mol. The summed E-state index contributed by atoms with van der Waals surface area (Å²) >= 11 is 0. The van der Waals surface area contributed by atoms with Crippen LogP contribution in [-0.4, -0.2) is 23.5 Å². The first-order chi connectivity index (χ1) is 9.93. The highest BCUT2D eigenvalue weighted by Crippen LogP contribution is 2.10. The third-order valence-corrected chi connectivity index (χ3v) is 3.06. The molecule has 1 rings (SSSR count). The second-order valence-electron chi connectivity index (χ2n) is 5.00. The number of nitrogens with zero attached hydrogens (tertiary/aromatic N) is 1. The smallest absolute Gasteiger partial charge is 0.308 e. The minimum atomic E-state index is -0.920. The van der Waals surface area contributed by atoms with Crippen LogP contribution in [0.3, 0.4) is 0 Å². The van der Waals surface area contributed by atoms with Gasteiger partial charge in [0.1, 0.15) is 0 Å². The molecule has 0 heterocycles. The summed E-state index contributed by atoms with van der Waals surface area (Å²) in [6, 6.07) is 8.87. The van der Waals surface area contributed by atoms with Crippen molar-refractivity contribution < 1.29 is 14.7 Å². The van der Waals surface area contributed by atoms with Crippen molar-refractivity contribution in [2.75, 3.05) is 6.54 Å². The summed E-state index contributed by atoms with van der Waals surface area (Å²) in [5.74, 6) is -1.94. The lowest BCUT2D eigenvalue weighted by Crippen LogP contribution is -2.34. The number of aliphatic carboxylic acids is 1. The van der Waals surface area contributed by atoms with E-state index in [1.165, 1.54) is 6.08 Å². The van der Waals surface area contributed by atoms with E-state index < -0.39 is 11.9 Å². The van der Waals surface area contributed by atoms with E-state index in [1.807, 2.05) is 6.07 Å². The lowest BCUT2D eigenvalue weighted by Gasteiger charge is -2.15. The number of carbonyl (C=O) groups excluding carboxylic acids is 1. The zero-order valence-corrected chi connectivity index (χ0v) is 12.0. The summed E-state index contributed by atoms with van der Waals surface area (Å²) in [5.41, 5.74) is 1.26. The monoisotopic (exact) mass is 286 g/mol. The van der Waals surface area contributed by atoms with E-state index >= 15 is 0 Å². The Balaban J connectivity index is 2.59. The number of carboxylic acids is 1. The topological polar surface area (TPSA) is 90.2 Å². The number of rotatable bonds is 6. The molecule has 0 spiro atoms. The summed E-state index contributed by atoms with van der Waals surface area (Å²) in [5, 5.41) is 20.4.